The molecule has 0 aliphatic heterocycles. The van der Waals surface area contributed by atoms with E-state index in [4.69, 9.17) is 9.84 Å². The Labute approximate surface area is 99.6 Å². The number of aliphatic hydroxyl groups excluding tert-OH is 1. The van der Waals surface area contributed by atoms with Gasteiger partial charge in [-0.3, -0.25) is 4.79 Å². The molecule has 1 aromatic rings. The molecule has 0 radical (unpaired) electrons. The number of halogens is 1. The average molecular weight is 241 g/mol. The lowest BCUT2D eigenvalue weighted by Gasteiger charge is -2.21. The number of ether oxygens (including phenoxy) is 1. The van der Waals surface area contributed by atoms with Crippen LogP contribution in [-0.2, 0) is 4.79 Å². The molecule has 0 aliphatic rings. The number of aliphatic hydroxyl groups is 1. The summed E-state index contributed by atoms with van der Waals surface area (Å²) in [5, 5.41) is 8.71. The van der Waals surface area contributed by atoms with E-state index in [0.717, 1.165) is 0 Å². The van der Waals surface area contributed by atoms with Crippen LogP contribution in [0.5, 0.6) is 5.75 Å². The number of carbonyl (C=O) groups excluding carboxylic acids is 1. The molecule has 0 bridgehead atoms. The highest BCUT2D eigenvalue weighted by Crippen LogP contribution is 2.13. The standard InChI is InChI=1S/C12H16FNO3/c1-9(12(16)14(2)7-8-15)17-11-5-3-10(13)4-6-11/h3-6,9,15H,7-8H2,1-2H3. The van der Waals surface area contributed by atoms with Gasteiger partial charge < -0.3 is 14.7 Å². The van der Waals surface area contributed by atoms with Crippen molar-refractivity contribution < 1.29 is 19.0 Å². The van der Waals surface area contributed by atoms with Gasteiger partial charge in [0.15, 0.2) is 6.10 Å². The lowest BCUT2D eigenvalue weighted by molar-refractivity contribution is -0.137. The maximum atomic E-state index is 12.7. The van der Waals surface area contributed by atoms with E-state index < -0.39 is 6.10 Å². The van der Waals surface area contributed by atoms with Gasteiger partial charge >= 0.3 is 0 Å². The zero-order valence-electron chi connectivity index (χ0n) is 9.89. The van der Waals surface area contributed by atoms with E-state index in [2.05, 4.69) is 0 Å². The van der Waals surface area contributed by atoms with Crippen molar-refractivity contribution in [2.45, 2.75) is 13.0 Å². The van der Waals surface area contributed by atoms with Crippen molar-refractivity contribution in [1.82, 2.24) is 4.90 Å². The largest absolute Gasteiger partial charge is 0.481 e. The molecule has 0 heterocycles. The predicted octanol–water partition coefficient (Wildman–Crippen LogP) is 1.04. The van der Waals surface area contributed by atoms with E-state index in [0.29, 0.717) is 5.75 Å². The Kier molecular flexibility index (Phi) is 4.90. The zero-order chi connectivity index (χ0) is 12.8. The van der Waals surface area contributed by atoms with Crippen molar-refractivity contribution in [2.24, 2.45) is 0 Å². The minimum atomic E-state index is -0.669. The van der Waals surface area contributed by atoms with Gasteiger partial charge in [0.25, 0.3) is 5.91 Å². The lowest BCUT2D eigenvalue weighted by Crippen LogP contribution is -2.39. The third-order valence-corrected chi connectivity index (χ3v) is 2.29. The van der Waals surface area contributed by atoms with Gasteiger partial charge in [-0.2, -0.15) is 0 Å². The van der Waals surface area contributed by atoms with Crippen LogP contribution in [0.25, 0.3) is 0 Å². The molecule has 1 amide bonds. The summed E-state index contributed by atoms with van der Waals surface area (Å²) in [6.07, 6.45) is -0.669. The molecule has 0 saturated carbocycles. The minimum absolute atomic E-state index is 0.0918. The van der Waals surface area contributed by atoms with Crippen LogP contribution in [0.15, 0.2) is 24.3 Å². The van der Waals surface area contributed by atoms with Gasteiger partial charge in [0.2, 0.25) is 0 Å². The van der Waals surface area contributed by atoms with Crippen molar-refractivity contribution in [3.8, 4) is 5.75 Å². The summed E-state index contributed by atoms with van der Waals surface area (Å²) in [4.78, 5) is 13.1. The smallest absolute Gasteiger partial charge is 0.263 e. The Balaban J connectivity index is 2.56. The molecular weight excluding hydrogens is 225 g/mol. The number of rotatable bonds is 5. The molecule has 1 N–H and O–H groups in total. The minimum Gasteiger partial charge on any atom is -0.481 e. The number of hydrogen-bond donors (Lipinski definition) is 1. The van der Waals surface area contributed by atoms with Crippen LogP contribution in [0.2, 0.25) is 0 Å². The maximum absolute atomic E-state index is 12.7. The Morgan fingerprint density at radius 2 is 2.06 bits per heavy atom. The van der Waals surface area contributed by atoms with Crippen molar-refractivity contribution in [3.05, 3.63) is 30.1 Å². The summed E-state index contributed by atoms with van der Waals surface area (Å²) in [5.41, 5.74) is 0. The van der Waals surface area contributed by atoms with Crippen molar-refractivity contribution in [1.29, 1.82) is 0 Å². The lowest BCUT2D eigenvalue weighted by atomic mass is 10.3. The van der Waals surface area contributed by atoms with Crippen LogP contribution in [0.1, 0.15) is 6.92 Å². The second-order valence-electron chi connectivity index (χ2n) is 3.70. The van der Waals surface area contributed by atoms with Crippen LogP contribution < -0.4 is 4.74 Å². The number of nitrogens with zero attached hydrogens (tertiary/aromatic N) is 1. The van der Waals surface area contributed by atoms with Crippen LogP contribution in [0.4, 0.5) is 4.39 Å². The van der Waals surface area contributed by atoms with Gasteiger partial charge in [-0.05, 0) is 31.2 Å². The molecule has 5 heteroatoms. The van der Waals surface area contributed by atoms with Gasteiger partial charge in [-0.1, -0.05) is 0 Å². The summed E-state index contributed by atoms with van der Waals surface area (Å²) in [6.45, 7) is 1.78. The van der Waals surface area contributed by atoms with E-state index in [1.165, 1.54) is 29.2 Å². The Morgan fingerprint density at radius 3 is 2.59 bits per heavy atom. The first-order valence-corrected chi connectivity index (χ1v) is 5.32. The molecule has 1 aromatic carbocycles. The van der Waals surface area contributed by atoms with E-state index >= 15 is 0 Å². The quantitative estimate of drug-likeness (QED) is 0.838. The molecule has 0 fully saturated rings. The summed E-state index contributed by atoms with van der Waals surface area (Å²) in [6, 6.07) is 5.46. The predicted molar refractivity (Wildman–Crippen MR) is 61.2 cm³/mol. The fraction of sp³-hybridized carbons (Fsp3) is 0.417. The van der Waals surface area contributed by atoms with E-state index in [1.807, 2.05) is 0 Å². The zero-order valence-corrected chi connectivity index (χ0v) is 9.89. The third kappa shape index (κ3) is 4.03. The van der Waals surface area contributed by atoms with E-state index in [-0.39, 0.29) is 24.9 Å². The first-order chi connectivity index (χ1) is 8.04. The fourth-order valence-corrected chi connectivity index (χ4v) is 1.34. The highest BCUT2D eigenvalue weighted by molar-refractivity contribution is 5.80. The van der Waals surface area contributed by atoms with Gasteiger partial charge in [-0.15, -0.1) is 0 Å². The van der Waals surface area contributed by atoms with Crippen LogP contribution >= 0.6 is 0 Å². The average Bonchev–Trinajstić information content (AvgIpc) is 2.31. The number of carbonyl (C=O) groups is 1. The molecule has 1 atom stereocenters. The molecule has 1 unspecified atom stereocenters. The SMILES string of the molecule is CC(Oc1ccc(F)cc1)C(=O)N(C)CCO. The normalized spacial score (nSPS) is 12.0. The Hall–Kier alpha value is -1.62. The fourth-order valence-electron chi connectivity index (χ4n) is 1.34. The molecule has 4 nitrogen and oxygen atoms in total. The van der Waals surface area contributed by atoms with Crippen molar-refractivity contribution in [2.75, 3.05) is 20.2 Å². The Bertz CT molecular complexity index is 367. The number of amides is 1. The molecule has 0 saturated heterocycles. The summed E-state index contributed by atoms with van der Waals surface area (Å²) in [7, 11) is 1.59. The Morgan fingerprint density at radius 1 is 1.47 bits per heavy atom. The number of hydrogen-bond acceptors (Lipinski definition) is 3. The third-order valence-electron chi connectivity index (χ3n) is 2.29. The molecule has 0 aromatic heterocycles. The van der Waals surface area contributed by atoms with Gasteiger partial charge in [0.05, 0.1) is 6.61 Å². The van der Waals surface area contributed by atoms with Crippen LogP contribution in [0, 0.1) is 5.82 Å². The molecule has 17 heavy (non-hydrogen) atoms. The van der Waals surface area contributed by atoms with Crippen molar-refractivity contribution in [3.63, 3.8) is 0 Å². The van der Waals surface area contributed by atoms with E-state index in [9.17, 15) is 9.18 Å². The van der Waals surface area contributed by atoms with E-state index in [1.54, 1.807) is 14.0 Å². The van der Waals surface area contributed by atoms with Crippen LogP contribution in [0.3, 0.4) is 0 Å². The summed E-state index contributed by atoms with van der Waals surface area (Å²) >= 11 is 0. The maximum Gasteiger partial charge on any atom is 0.263 e. The first-order valence-electron chi connectivity index (χ1n) is 5.32. The van der Waals surface area contributed by atoms with Gasteiger partial charge in [0.1, 0.15) is 11.6 Å². The number of likely N-dealkylation sites (N-methyl/N-ethyl adjacent to an activating group) is 1. The topological polar surface area (TPSA) is 49.8 Å². The molecule has 0 spiro atoms. The first kappa shape index (κ1) is 13.4. The van der Waals surface area contributed by atoms with Crippen molar-refractivity contribution >= 4 is 5.91 Å². The second kappa shape index (κ2) is 6.20. The summed E-state index contributed by atoms with van der Waals surface area (Å²) < 4.78 is 18.0. The van der Waals surface area contributed by atoms with Crippen LogP contribution in [-0.4, -0.2) is 42.2 Å². The second-order valence-corrected chi connectivity index (χ2v) is 3.70. The highest BCUT2D eigenvalue weighted by atomic mass is 19.1. The van der Waals surface area contributed by atoms with Gasteiger partial charge in [-0.25, -0.2) is 4.39 Å². The highest BCUT2D eigenvalue weighted by Gasteiger charge is 2.18. The molecule has 1 rings (SSSR count). The molecule has 0 aliphatic carbocycles. The van der Waals surface area contributed by atoms with Gasteiger partial charge in [0, 0.05) is 13.6 Å². The summed E-state index contributed by atoms with van der Waals surface area (Å²) in [5.74, 6) is -0.151. The molecule has 94 valence electrons. The monoisotopic (exact) mass is 241 g/mol. The molecular formula is C12H16FNO3. The number of benzene rings is 1.